The minimum absolute atomic E-state index is 0.0591. The maximum Gasteiger partial charge on any atom is 0.270 e. The Hall–Kier alpha value is -1.92. The van der Waals surface area contributed by atoms with Gasteiger partial charge in [-0.3, -0.25) is 14.9 Å². The van der Waals surface area contributed by atoms with Crippen LogP contribution in [-0.4, -0.2) is 10.8 Å². The van der Waals surface area contributed by atoms with Crippen LogP contribution in [0, 0.1) is 10.1 Å². The first-order chi connectivity index (χ1) is 9.47. The van der Waals surface area contributed by atoms with Gasteiger partial charge < -0.3 is 5.32 Å². The van der Waals surface area contributed by atoms with Crippen molar-refractivity contribution >= 4 is 44.8 Å². The number of halogens is 2. The van der Waals surface area contributed by atoms with Gasteiger partial charge in [-0.05, 0) is 30.3 Å². The molecule has 0 bridgehead atoms. The lowest BCUT2D eigenvalue weighted by molar-refractivity contribution is -0.384. The van der Waals surface area contributed by atoms with Crippen LogP contribution in [0.4, 0.5) is 11.4 Å². The molecule has 0 aromatic heterocycles. The highest BCUT2D eigenvalue weighted by molar-refractivity contribution is 9.10. The van der Waals surface area contributed by atoms with Gasteiger partial charge in [0, 0.05) is 22.3 Å². The third kappa shape index (κ3) is 3.34. The van der Waals surface area contributed by atoms with Gasteiger partial charge in [-0.25, -0.2) is 0 Å². The Morgan fingerprint density at radius 1 is 1.20 bits per heavy atom. The fourth-order valence-electron chi connectivity index (χ4n) is 1.53. The molecule has 5 nitrogen and oxygen atoms in total. The zero-order valence-corrected chi connectivity index (χ0v) is 12.3. The molecule has 0 atom stereocenters. The standard InChI is InChI=1S/C13H8BrClN2O3/c14-8-1-3-9(4-2-8)16-13(18)11-7-10(17(19)20)5-6-12(11)15/h1-7H,(H,16,18). The molecule has 2 aromatic rings. The Kier molecular flexibility index (Phi) is 4.36. The number of benzene rings is 2. The molecular formula is C13H8BrClN2O3. The molecule has 20 heavy (non-hydrogen) atoms. The van der Waals surface area contributed by atoms with Gasteiger partial charge in [0.05, 0.1) is 15.5 Å². The summed E-state index contributed by atoms with van der Waals surface area (Å²) in [7, 11) is 0. The summed E-state index contributed by atoms with van der Waals surface area (Å²) in [5, 5.41) is 13.5. The average Bonchev–Trinajstić information content (AvgIpc) is 2.41. The highest BCUT2D eigenvalue weighted by atomic mass is 79.9. The van der Waals surface area contributed by atoms with Gasteiger partial charge in [-0.2, -0.15) is 0 Å². The van der Waals surface area contributed by atoms with Crippen molar-refractivity contribution in [3.8, 4) is 0 Å². The first-order valence-corrected chi connectivity index (χ1v) is 6.65. The average molecular weight is 356 g/mol. The molecular weight excluding hydrogens is 348 g/mol. The fourth-order valence-corrected chi connectivity index (χ4v) is 2.00. The second kappa shape index (κ2) is 6.02. The number of nitro groups is 1. The Balaban J connectivity index is 2.26. The quantitative estimate of drug-likeness (QED) is 0.660. The van der Waals surface area contributed by atoms with Crippen molar-refractivity contribution in [2.45, 2.75) is 0 Å². The number of hydrogen-bond donors (Lipinski definition) is 1. The van der Waals surface area contributed by atoms with Crippen molar-refractivity contribution in [3.05, 3.63) is 67.6 Å². The molecule has 1 amide bonds. The normalized spacial score (nSPS) is 10.1. The van der Waals surface area contributed by atoms with E-state index >= 15 is 0 Å². The second-order valence-corrected chi connectivity index (χ2v) is 5.21. The van der Waals surface area contributed by atoms with Gasteiger partial charge in [0.15, 0.2) is 0 Å². The van der Waals surface area contributed by atoms with E-state index in [-0.39, 0.29) is 16.3 Å². The van der Waals surface area contributed by atoms with Crippen LogP contribution in [0.15, 0.2) is 46.9 Å². The number of non-ortho nitro benzene ring substituents is 1. The molecule has 0 aliphatic carbocycles. The number of carbonyl (C=O) groups is 1. The monoisotopic (exact) mass is 354 g/mol. The van der Waals surface area contributed by atoms with Crippen LogP contribution in [0.2, 0.25) is 5.02 Å². The largest absolute Gasteiger partial charge is 0.322 e. The van der Waals surface area contributed by atoms with Crippen LogP contribution in [0.3, 0.4) is 0 Å². The first kappa shape index (κ1) is 14.5. The second-order valence-electron chi connectivity index (χ2n) is 3.88. The first-order valence-electron chi connectivity index (χ1n) is 5.48. The molecule has 0 saturated heterocycles. The molecule has 0 spiro atoms. The fraction of sp³-hybridized carbons (Fsp3) is 0. The van der Waals surface area contributed by atoms with E-state index in [4.69, 9.17) is 11.6 Å². The predicted molar refractivity (Wildman–Crippen MR) is 80.2 cm³/mol. The topological polar surface area (TPSA) is 72.2 Å². The minimum Gasteiger partial charge on any atom is -0.322 e. The van der Waals surface area contributed by atoms with Crippen molar-refractivity contribution < 1.29 is 9.72 Å². The van der Waals surface area contributed by atoms with Gasteiger partial charge in [0.1, 0.15) is 0 Å². The van der Waals surface area contributed by atoms with Crippen molar-refractivity contribution in [1.29, 1.82) is 0 Å². The summed E-state index contributed by atoms with van der Waals surface area (Å²) >= 11 is 9.18. The Labute approximate surface area is 127 Å². The highest BCUT2D eigenvalue weighted by Crippen LogP contribution is 2.23. The number of hydrogen-bond acceptors (Lipinski definition) is 3. The molecule has 2 aromatic carbocycles. The highest BCUT2D eigenvalue weighted by Gasteiger charge is 2.15. The number of anilines is 1. The lowest BCUT2D eigenvalue weighted by Gasteiger charge is -2.06. The molecule has 0 aliphatic heterocycles. The third-order valence-corrected chi connectivity index (χ3v) is 3.37. The molecule has 0 heterocycles. The summed E-state index contributed by atoms with van der Waals surface area (Å²) in [6.45, 7) is 0. The van der Waals surface area contributed by atoms with E-state index in [1.165, 1.54) is 12.1 Å². The predicted octanol–water partition coefficient (Wildman–Crippen LogP) is 4.26. The Morgan fingerprint density at radius 3 is 2.45 bits per heavy atom. The molecule has 102 valence electrons. The van der Waals surface area contributed by atoms with Crippen molar-refractivity contribution in [2.24, 2.45) is 0 Å². The van der Waals surface area contributed by atoms with E-state index < -0.39 is 10.8 Å². The van der Waals surface area contributed by atoms with Crippen molar-refractivity contribution in [3.63, 3.8) is 0 Å². The number of nitrogens with zero attached hydrogens (tertiary/aromatic N) is 1. The number of carbonyl (C=O) groups excluding carboxylic acids is 1. The smallest absolute Gasteiger partial charge is 0.270 e. The zero-order chi connectivity index (χ0) is 14.7. The van der Waals surface area contributed by atoms with E-state index in [1.54, 1.807) is 24.3 Å². The molecule has 2 rings (SSSR count). The number of rotatable bonds is 3. The van der Waals surface area contributed by atoms with Gasteiger partial charge >= 0.3 is 0 Å². The van der Waals surface area contributed by atoms with Crippen LogP contribution in [-0.2, 0) is 0 Å². The van der Waals surface area contributed by atoms with Gasteiger partial charge in [-0.1, -0.05) is 27.5 Å². The van der Waals surface area contributed by atoms with Gasteiger partial charge in [-0.15, -0.1) is 0 Å². The Morgan fingerprint density at radius 2 is 1.85 bits per heavy atom. The van der Waals surface area contributed by atoms with E-state index in [1.807, 2.05) is 0 Å². The van der Waals surface area contributed by atoms with Crippen molar-refractivity contribution in [2.75, 3.05) is 5.32 Å². The van der Waals surface area contributed by atoms with Crippen LogP contribution < -0.4 is 5.32 Å². The van der Waals surface area contributed by atoms with E-state index in [2.05, 4.69) is 21.2 Å². The van der Waals surface area contributed by atoms with Crippen LogP contribution >= 0.6 is 27.5 Å². The summed E-state index contributed by atoms with van der Waals surface area (Å²) in [4.78, 5) is 22.2. The molecule has 0 unspecified atom stereocenters. The van der Waals surface area contributed by atoms with Crippen LogP contribution in [0.1, 0.15) is 10.4 Å². The summed E-state index contributed by atoms with van der Waals surface area (Å²) in [6.07, 6.45) is 0. The minimum atomic E-state index is -0.577. The molecule has 0 saturated carbocycles. The van der Waals surface area contributed by atoms with Crippen molar-refractivity contribution in [1.82, 2.24) is 0 Å². The summed E-state index contributed by atoms with van der Waals surface area (Å²) in [6, 6.07) is 10.7. The third-order valence-electron chi connectivity index (χ3n) is 2.51. The van der Waals surface area contributed by atoms with Crippen LogP contribution in [0.25, 0.3) is 0 Å². The zero-order valence-electron chi connectivity index (χ0n) is 9.97. The van der Waals surface area contributed by atoms with E-state index in [9.17, 15) is 14.9 Å². The molecule has 7 heteroatoms. The van der Waals surface area contributed by atoms with Crippen LogP contribution in [0.5, 0.6) is 0 Å². The van der Waals surface area contributed by atoms with E-state index in [0.29, 0.717) is 5.69 Å². The molecule has 0 aliphatic rings. The van der Waals surface area contributed by atoms with Gasteiger partial charge in [0.2, 0.25) is 0 Å². The SMILES string of the molecule is O=C(Nc1ccc(Br)cc1)c1cc([N+](=O)[O-])ccc1Cl. The summed E-state index contributed by atoms with van der Waals surface area (Å²) in [5.41, 5.74) is 0.444. The Bertz CT molecular complexity index is 674. The molecule has 0 radical (unpaired) electrons. The number of nitrogens with one attached hydrogen (secondary N) is 1. The summed E-state index contributed by atoms with van der Waals surface area (Å²) in [5.74, 6) is -0.499. The summed E-state index contributed by atoms with van der Waals surface area (Å²) < 4.78 is 0.879. The number of amides is 1. The maximum absolute atomic E-state index is 12.1. The maximum atomic E-state index is 12.1. The molecule has 0 fully saturated rings. The van der Waals surface area contributed by atoms with Gasteiger partial charge in [0.25, 0.3) is 11.6 Å². The molecule has 1 N–H and O–H groups in total. The lowest BCUT2D eigenvalue weighted by atomic mass is 10.2. The number of nitro benzene ring substituents is 1. The van der Waals surface area contributed by atoms with E-state index in [0.717, 1.165) is 10.5 Å². The lowest BCUT2D eigenvalue weighted by Crippen LogP contribution is -2.12.